The van der Waals surface area contributed by atoms with Gasteiger partial charge in [0.25, 0.3) is 0 Å². The zero-order valence-corrected chi connectivity index (χ0v) is 14.2. The molecule has 0 N–H and O–H groups in total. The molecule has 110 valence electrons. The van der Waals surface area contributed by atoms with Gasteiger partial charge in [0.15, 0.2) is 0 Å². The lowest BCUT2D eigenvalue weighted by Crippen LogP contribution is -2.41. The fourth-order valence-corrected chi connectivity index (χ4v) is 3.22. The smallest absolute Gasteiger partial charge is 0.399 e. The highest BCUT2D eigenvalue weighted by atomic mass is 35.5. The van der Waals surface area contributed by atoms with Crippen LogP contribution < -0.4 is 4.78 Å². The fourth-order valence-electron chi connectivity index (χ4n) is 2.23. The van der Waals surface area contributed by atoms with E-state index in [0.29, 0.717) is 0 Å². The van der Waals surface area contributed by atoms with E-state index >= 15 is 0 Å². The van der Waals surface area contributed by atoms with Gasteiger partial charge in [0.2, 0.25) is 0 Å². The first-order valence-corrected chi connectivity index (χ1v) is 8.24. The summed E-state index contributed by atoms with van der Waals surface area (Å²) in [6.07, 6.45) is 0. The van der Waals surface area contributed by atoms with Crippen molar-refractivity contribution in [1.29, 1.82) is 0 Å². The Balaban J connectivity index is 1.85. The van der Waals surface area contributed by atoms with E-state index in [1.54, 1.807) is 11.3 Å². The maximum absolute atomic E-state index is 6.09. The van der Waals surface area contributed by atoms with Crippen molar-refractivity contribution in [1.82, 2.24) is 0 Å². The molecule has 2 aromatic rings. The standard InChI is InChI=1S/C16H18BClO2S/c1-15(2)16(3,4)20-17(19-15)14-9-12(10-21-14)11-5-7-13(18)8-6-11/h5-10H,1-4H3. The number of thiophene rings is 1. The highest BCUT2D eigenvalue weighted by Crippen LogP contribution is 2.37. The van der Waals surface area contributed by atoms with Crippen LogP contribution in [0.2, 0.25) is 5.02 Å². The summed E-state index contributed by atoms with van der Waals surface area (Å²) in [5.41, 5.74) is 1.71. The Bertz CT molecular complexity index is 633. The SMILES string of the molecule is CC1(C)OB(c2cc(-c3ccc(Cl)cc3)cs2)OC1(C)C. The molecule has 0 saturated carbocycles. The summed E-state index contributed by atoms with van der Waals surface area (Å²) in [5.74, 6) is 0. The van der Waals surface area contributed by atoms with Gasteiger partial charge < -0.3 is 9.31 Å². The van der Waals surface area contributed by atoms with Crippen molar-refractivity contribution in [2.24, 2.45) is 0 Å². The molecule has 0 unspecified atom stereocenters. The minimum Gasteiger partial charge on any atom is -0.399 e. The molecule has 3 rings (SSSR count). The Morgan fingerprint density at radius 1 is 0.952 bits per heavy atom. The summed E-state index contributed by atoms with van der Waals surface area (Å²) in [6.45, 7) is 8.28. The molecule has 0 radical (unpaired) electrons. The maximum atomic E-state index is 6.09. The van der Waals surface area contributed by atoms with Gasteiger partial charge in [-0.05, 0) is 62.4 Å². The van der Waals surface area contributed by atoms with Gasteiger partial charge in [0.05, 0.1) is 11.2 Å². The molecular weight excluding hydrogens is 303 g/mol. The minimum absolute atomic E-state index is 0.291. The van der Waals surface area contributed by atoms with Gasteiger partial charge in [-0.3, -0.25) is 0 Å². The van der Waals surface area contributed by atoms with Gasteiger partial charge in [-0.1, -0.05) is 23.7 Å². The molecule has 0 spiro atoms. The van der Waals surface area contributed by atoms with Crippen LogP contribution in [0.5, 0.6) is 0 Å². The van der Waals surface area contributed by atoms with Gasteiger partial charge in [-0.25, -0.2) is 0 Å². The average Bonchev–Trinajstić information content (AvgIpc) is 2.94. The lowest BCUT2D eigenvalue weighted by atomic mass is 9.87. The van der Waals surface area contributed by atoms with Gasteiger partial charge >= 0.3 is 7.12 Å². The first-order chi connectivity index (χ1) is 9.78. The highest BCUT2D eigenvalue weighted by molar-refractivity contribution is 7.21. The Morgan fingerprint density at radius 3 is 2.10 bits per heavy atom. The van der Waals surface area contributed by atoms with Crippen molar-refractivity contribution in [3.63, 3.8) is 0 Å². The van der Waals surface area contributed by atoms with Crippen molar-refractivity contribution >= 4 is 34.8 Å². The van der Waals surface area contributed by atoms with E-state index in [9.17, 15) is 0 Å². The van der Waals surface area contributed by atoms with E-state index in [1.165, 1.54) is 5.56 Å². The molecular formula is C16H18BClO2S. The summed E-state index contributed by atoms with van der Waals surface area (Å²) in [7, 11) is -0.291. The molecule has 1 aliphatic heterocycles. The number of rotatable bonds is 2. The highest BCUT2D eigenvalue weighted by Gasteiger charge is 2.52. The molecule has 1 aromatic carbocycles. The molecule has 1 aliphatic rings. The lowest BCUT2D eigenvalue weighted by Gasteiger charge is -2.32. The molecule has 1 aromatic heterocycles. The third kappa shape index (κ3) is 2.78. The monoisotopic (exact) mass is 320 g/mol. The van der Waals surface area contributed by atoms with Gasteiger partial charge in [-0.15, -0.1) is 0 Å². The summed E-state index contributed by atoms with van der Waals surface area (Å²) in [6, 6.07) is 10.00. The molecule has 1 fully saturated rings. The number of benzene rings is 1. The molecule has 21 heavy (non-hydrogen) atoms. The third-order valence-corrected chi connectivity index (χ3v) is 5.49. The first kappa shape index (κ1) is 15.1. The van der Waals surface area contributed by atoms with Crippen molar-refractivity contribution in [3.05, 3.63) is 40.7 Å². The number of hydrogen-bond acceptors (Lipinski definition) is 3. The quantitative estimate of drug-likeness (QED) is 0.765. The van der Waals surface area contributed by atoms with Crippen LogP contribution in [0.1, 0.15) is 27.7 Å². The molecule has 0 atom stereocenters. The van der Waals surface area contributed by atoms with E-state index in [-0.39, 0.29) is 18.3 Å². The van der Waals surface area contributed by atoms with Crippen LogP contribution in [-0.4, -0.2) is 18.3 Å². The molecule has 0 aliphatic carbocycles. The Hall–Kier alpha value is -0.805. The van der Waals surface area contributed by atoms with E-state index in [2.05, 4.69) is 39.1 Å². The second-order valence-electron chi connectivity index (χ2n) is 6.33. The van der Waals surface area contributed by atoms with Crippen LogP contribution in [0.25, 0.3) is 11.1 Å². The number of hydrogen-bond donors (Lipinski definition) is 0. The van der Waals surface area contributed by atoms with Crippen molar-refractivity contribution < 1.29 is 9.31 Å². The fraction of sp³-hybridized carbons (Fsp3) is 0.375. The third-order valence-electron chi connectivity index (χ3n) is 4.28. The van der Waals surface area contributed by atoms with Crippen LogP contribution in [0.15, 0.2) is 35.7 Å². The van der Waals surface area contributed by atoms with Crippen LogP contribution >= 0.6 is 22.9 Å². The van der Waals surface area contributed by atoms with Crippen molar-refractivity contribution in [3.8, 4) is 11.1 Å². The normalized spacial score (nSPS) is 20.0. The van der Waals surface area contributed by atoms with Crippen molar-refractivity contribution in [2.75, 3.05) is 0 Å². The van der Waals surface area contributed by atoms with E-state index in [1.807, 2.05) is 24.3 Å². The molecule has 2 nitrogen and oxygen atoms in total. The molecule has 1 saturated heterocycles. The zero-order chi connectivity index (χ0) is 15.3. The summed E-state index contributed by atoms with van der Waals surface area (Å²) >= 11 is 7.60. The minimum atomic E-state index is -0.303. The Morgan fingerprint density at radius 2 is 1.52 bits per heavy atom. The lowest BCUT2D eigenvalue weighted by molar-refractivity contribution is 0.00578. The second-order valence-corrected chi connectivity index (χ2v) is 7.71. The summed E-state index contributed by atoms with van der Waals surface area (Å²) < 4.78 is 13.3. The molecule has 0 amide bonds. The predicted molar refractivity (Wildman–Crippen MR) is 90.5 cm³/mol. The molecule has 2 heterocycles. The van der Waals surface area contributed by atoms with E-state index < -0.39 is 0 Å². The summed E-state index contributed by atoms with van der Waals surface area (Å²) in [5, 5.41) is 2.88. The van der Waals surface area contributed by atoms with Gasteiger partial charge in [0.1, 0.15) is 0 Å². The summed E-state index contributed by atoms with van der Waals surface area (Å²) in [4.78, 5) is 0. The van der Waals surface area contributed by atoms with Crippen LogP contribution in [-0.2, 0) is 9.31 Å². The van der Waals surface area contributed by atoms with E-state index in [4.69, 9.17) is 20.9 Å². The molecule has 5 heteroatoms. The topological polar surface area (TPSA) is 18.5 Å². The van der Waals surface area contributed by atoms with Crippen LogP contribution in [0.4, 0.5) is 0 Å². The van der Waals surface area contributed by atoms with Gasteiger partial charge in [-0.2, -0.15) is 11.3 Å². The maximum Gasteiger partial charge on any atom is 0.505 e. The Labute approximate surface area is 135 Å². The van der Waals surface area contributed by atoms with Crippen molar-refractivity contribution in [2.45, 2.75) is 38.9 Å². The predicted octanol–water partition coefficient (Wildman–Crippen LogP) is 4.37. The largest absolute Gasteiger partial charge is 0.505 e. The molecule has 0 bridgehead atoms. The zero-order valence-electron chi connectivity index (χ0n) is 12.6. The number of halogens is 1. The van der Waals surface area contributed by atoms with Gasteiger partial charge in [0, 0.05) is 9.80 Å². The van der Waals surface area contributed by atoms with Crippen LogP contribution in [0.3, 0.4) is 0 Å². The first-order valence-electron chi connectivity index (χ1n) is 6.98. The van der Waals surface area contributed by atoms with E-state index in [0.717, 1.165) is 15.4 Å². The van der Waals surface area contributed by atoms with Crippen LogP contribution in [0, 0.1) is 0 Å². The second kappa shape index (κ2) is 5.13. The average molecular weight is 321 g/mol. The Kier molecular flexibility index (Phi) is 3.69.